The molecule has 0 unspecified atom stereocenters. The zero-order valence-electron chi connectivity index (χ0n) is 6.88. The van der Waals surface area contributed by atoms with Crippen LogP contribution in [0.4, 0.5) is 0 Å². The van der Waals surface area contributed by atoms with E-state index in [4.69, 9.17) is 4.74 Å². The molecule has 0 N–H and O–H groups in total. The van der Waals surface area contributed by atoms with Crippen LogP contribution in [0.15, 0.2) is 0 Å². The SMILES string of the molecule is SCC1(C2CCCC2)COC1. The molecule has 1 saturated carbocycles. The molecule has 0 spiro atoms. The molecule has 2 fully saturated rings. The number of rotatable bonds is 2. The maximum Gasteiger partial charge on any atom is 0.0555 e. The van der Waals surface area contributed by atoms with E-state index in [0.717, 1.165) is 24.9 Å². The third kappa shape index (κ3) is 1.20. The van der Waals surface area contributed by atoms with Crippen LogP contribution >= 0.6 is 12.6 Å². The predicted octanol–water partition coefficient (Wildman–Crippen LogP) is 2.12. The second kappa shape index (κ2) is 2.98. The minimum Gasteiger partial charge on any atom is -0.380 e. The van der Waals surface area contributed by atoms with E-state index in [2.05, 4.69) is 12.6 Å². The summed E-state index contributed by atoms with van der Waals surface area (Å²) < 4.78 is 5.29. The van der Waals surface area contributed by atoms with Crippen molar-refractivity contribution in [1.29, 1.82) is 0 Å². The molecule has 0 aromatic rings. The fourth-order valence-electron chi connectivity index (χ4n) is 2.36. The molecular formula is C9H16OS. The van der Waals surface area contributed by atoms with E-state index in [1.54, 1.807) is 0 Å². The normalized spacial score (nSPS) is 30.3. The van der Waals surface area contributed by atoms with Crippen molar-refractivity contribution in [2.45, 2.75) is 25.7 Å². The lowest BCUT2D eigenvalue weighted by Gasteiger charge is -2.45. The Bertz CT molecular complexity index is 131. The van der Waals surface area contributed by atoms with Gasteiger partial charge in [0, 0.05) is 11.2 Å². The summed E-state index contributed by atoms with van der Waals surface area (Å²) in [7, 11) is 0. The number of hydrogen-bond acceptors (Lipinski definition) is 2. The second-order valence-corrected chi connectivity index (χ2v) is 4.31. The Balaban J connectivity index is 1.99. The van der Waals surface area contributed by atoms with Gasteiger partial charge in [-0.25, -0.2) is 0 Å². The second-order valence-electron chi connectivity index (χ2n) is 3.99. The summed E-state index contributed by atoms with van der Waals surface area (Å²) in [6, 6.07) is 0. The van der Waals surface area contributed by atoms with Gasteiger partial charge in [0.15, 0.2) is 0 Å². The third-order valence-electron chi connectivity index (χ3n) is 3.32. The van der Waals surface area contributed by atoms with Gasteiger partial charge < -0.3 is 4.74 Å². The van der Waals surface area contributed by atoms with Crippen LogP contribution in [-0.2, 0) is 4.74 Å². The van der Waals surface area contributed by atoms with Crippen molar-refractivity contribution < 1.29 is 4.74 Å². The molecule has 0 atom stereocenters. The molecule has 1 nitrogen and oxygen atoms in total. The lowest BCUT2D eigenvalue weighted by Crippen LogP contribution is -2.49. The topological polar surface area (TPSA) is 9.23 Å². The van der Waals surface area contributed by atoms with Crippen molar-refractivity contribution in [3.63, 3.8) is 0 Å². The lowest BCUT2D eigenvalue weighted by molar-refractivity contribution is -0.129. The lowest BCUT2D eigenvalue weighted by atomic mass is 9.74. The van der Waals surface area contributed by atoms with Gasteiger partial charge >= 0.3 is 0 Å². The van der Waals surface area contributed by atoms with E-state index in [-0.39, 0.29) is 0 Å². The predicted molar refractivity (Wildman–Crippen MR) is 49.1 cm³/mol. The van der Waals surface area contributed by atoms with Crippen LogP contribution in [0.5, 0.6) is 0 Å². The summed E-state index contributed by atoms with van der Waals surface area (Å²) in [4.78, 5) is 0. The highest BCUT2D eigenvalue weighted by atomic mass is 32.1. The molecule has 0 amide bonds. The molecule has 1 saturated heterocycles. The Morgan fingerprint density at radius 1 is 1.27 bits per heavy atom. The highest BCUT2D eigenvalue weighted by Gasteiger charge is 2.44. The molecule has 11 heavy (non-hydrogen) atoms. The Hall–Kier alpha value is 0.310. The fraction of sp³-hybridized carbons (Fsp3) is 1.00. The zero-order chi connectivity index (χ0) is 7.73. The molecule has 1 aliphatic heterocycles. The monoisotopic (exact) mass is 172 g/mol. The molecule has 0 bridgehead atoms. The van der Waals surface area contributed by atoms with E-state index in [0.29, 0.717) is 5.41 Å². The summed E-state index contributed by atoms with van der Waals surface area (Å²) in [5, 5.41) is 0. The molecule has 1 aliphatic carbocycles. The minimum absolute atomic E-state index is 0.486. The first-order valence-corrected chi connectivity index (χ1v) is 5.19. The molecule has 2 aliphatic rings. The van der Waals surface area contributed by atoms with Crippen LogP contribution < -0.4 is 0 Å². The maximum absolute atomic E-state index is 5.29. The number of hydrogen-bond donors (Lipinski definition) is 1. The van der Waals surface area contributed by atoms with Gasteiger partial charge in [0.1, 0.15) is 0 Å². The van der Waals surface area contributed by atoms with Crippen molar-refractivity contribution in [2.24, 2.45) is 11.3 Å². The van der Waals surface area contributed by atoms with Crippen molar-refractivity contribution in [1.82, 2.24) is 0 Å². The minimum atomic E-state index is 0.486. The molecule has 2 heteroatoms. The molecule has 2 rings (SSSR count). The fourth-order valence-corrected chi connectivity index (χ4v) is 2.80. The Morgan fingerprint density at radius 2 is 1.91 bits per heavy atom. The largest absolute Gasteiger partial charge is 0.380 e. The van der Waals surface area contributed by atoms with Crippen LogP contribution in [0.3, 0.4) is 0 Å². The van der Waals surface area contributed by atoms with Gasteiger partial charge in [-0.15, -0.1) is 0 Å². The van der Waals surface area contributed by atoms with Crippen molar-refractivity contribution in [2.75, 3.05) is 19.0 Å². The van der Waals surface area contributed by atoms with Crippen LogP contribution in [0.2, 0.25) is 0 Å². The van der Waals surface area contributed by atoms with E-state index >= 15 is 0 Å². The van der Waals surface area contributed by atoms with E-state index in [1.807, 2.05) is 0 Å². The number of ether oxygens (including phenoxy) is 1. The first kappa shape index (κ1) is 7.93. The van der Waals surface area contributed by atoms with Gasteiger partial charge in [0.05, 0.1) is 13.2 Å². The molecule has 0 aromatic heterocycles. The molecule has 0 radical (unpaired) electrons. The molecular weight excluding hydrogens is 156 g/mol. The van der Waals surface area contributed by atoms with Gasteiger partial charge in [-0.1, -0.05) is 12.8 Å². The van der Waals surface area contributed by atoms with Gasteiger partial charge in [-0.2, -0.15) is 12.6 Å². The quantitative estimate of drug-likeness (QED) is 0.628. The summed E-state index contributed by atoms with van der Waals surface area (Å²) in [6.45, 7) is 1.95. The number of thiol groups is 1. The van der Waals surface area contributed by atoms with Crippen LogP contribution in [0.1, 0.15) is 25.7 Å². The average Bonchev–Trinajstić information content (AvgIpc) is 2.39. The Morgan fingerprint density at radius 3 is 2.27 bits per heavy atom. The van der Waals surface area contributed by atoms with Gasteiger partial charge in [-0.05, 0) is 18.8 Å². The third-order valence-corrected chi connectivity index (χ3v) is 3.94. The van der Waals surface area contributed by atoms with E-state index in [9.17, 15) is 0 Å². The van der Waals surface area contributed by atoms with E-state index < -0.39 is 0 Å². The summed E-state index contributed by atoms with van der Waals surface area (Å²) in [5.41, 5.74) is 0.486. The average molecular weight is 172 g/mol. The Kier molecular flexibility index (Phi) is 2.15. The van der Waals surface area contributed by atoms with E-state index in [1.165, 1.54) is 25.7 Å². The molecule has 1 heterocycles. The van der Waals surface area contributed by atoms with Crippen molar-refractivity contribution in [3.8, 4) is 0 Å². The van der Waals surface area contributed by atoms with Crippen LogP contribution in [0, 0.1) is 11.3 Å². The van der Waals surface area contributed by atoms with Gasteiger partial charge in [-0.3, -0.25) is 0 Å². The molecule has 64 valence electrons. The maximum atomic E-state index is 5.29. The van der Waals surface area contributed by atoms with Gasteiger partial charge in [0.2, 0.25) is 0 Å². The summed E-state index contributed by atoms with van der Waals surface area (Å²) >= 11 is 4.43. The highest BCUT2D eigenvalue weighted by molar-refractivity contribution is 7.80. The first-order valence-electron chi connectivity index (χ1n) is 4.56. The molecule has 0 aromatic carbocycles. The summed E-state index contributed by atoms with van der Waals surface area (Å²) in [5.74, 6) is 1.95. The van der Waals surface area contributed by atoms with Crippen molar-refractivity contribution >= 4 is 12.6 Å². The van der Waals surface area contributed by atoms with Crippen LogP contribution in [0.25, 0.3) is 0 Å². The highest BCUT2D eigenvalue weighted by Crippen LogP contribution is 2.45. The first-order chi connectivity index (χ1) is 5.37. The van der Waals surface area contributed by atoms with Gasteiger partial charge in [0.25, 0.3) is 0 Å². The van der Waals surface area contributed by atoms with Crippen LogP contribution in [-0.4, -0.2) is 19.0 Å². The summed E-state index contributed by atoms with van der Waals surface area (Å²) in [6.07, 6.45) is 5.70. The standard InChI is InChI=1S/C9H16OS/c11-7-9(5-10-6-9)8-3-1-2-4-8/h8,11H,1-7H2. The Labute approximate surface area is 73.9 Å². The zero-order valence-corrected chi connectivity index (χ0v) is 7.78. The smallest absolute Gasteiger partial charge is 0.0555 e. The van der Waals surface area contributed by atoms with Crippen molar-refractivity contribution in [3.05, 3.63) is 0 Å².